The minimum Gasteiger partial charge on any atom is -0.508 e. The van der Waals surface area contributed by atoms with Crippen molar-refractivity contribution in [2.45, 2.75) is 13.3 Å². The molecule has 0 aliphatic rings. The number of halogens is 1. The average molecular weight is 236 g/mol. The molecule has 0 saturated heterocycles. The first-order chi connectivity index (χ1) is 8.08. The number of aromatic nitrogens is 1. The first-order valence-electron chi connectivity index (χ1n) is 5.31. The van der Waals surface area contributed by atoms with E-state index in [1.807, 2.05) is 0 Å². The number of fused-ring (bicyclic) bond motifs is 1. The van der Waals surface area contributed by atoms with E-state index in [0.717, 1.165) is 5.56 Å². The largest absolute Gasteiger partial charge is 0.508 e. The number of hydrogen-bond acceptors (Lipinski definition) is 2. The molecule has 0 atom stereocenters. The first-order valence-corrected chi connectivity index (χ1v) is 5.31. The normalized spacial score (nSPS) is 10.7. The Balaban J connectivity index is 2.27. The minimum absolute atomic E-state index is 0.101. The van der Waals surface area contributed by atoms with E-state index in [2.05, 4.69) is 5.32 Å². The Bertz CT molecular complexity index is 563. The Hall–Kier alpha value is -2.04. The van der Waals surface area contributed by atoms with Gasteiger partial charge in [-0.1, -0.05) is 4.48 Å². The van der Waals surface area contributed by atoms with Crippen molar-refractivity contribution in [2.75, 3.05) is 6.54 Å². The van der Waals surface area contributed by atoms with Crippen LogP contribution in [0.3, 0.4) is 0 Å². The zero-order valence-electron chi connectivity index (χ0n) is 9.40. The van der Waals surface area contributed by atoms with E-state index in [1.165, 1.54) is 31.3 Å². The molecule has 0 aliphatic carbocycles. The fraction of sp³-hybridized carbons (Fsp3) is 0.250. The van der Waals surface area contributed by atoms with Crippen LogP contribution in [-0.2, 0) is 11.2 Å². The molecule has 1 amide bonds. The molecule has 17 heavy (non-hydrogen) atoms. The lowest BCUT2D eigenvalue weighted by Crippen LogP contribution is -2.22. The summed E-state index contributed by atoms with van der Waals surface area (Å²) in [4.78, 5) is 11.3. The number of hydrogen-bond donors (Lipinski definition) is 2. The Labute approximate surface area is 97.6 Å². The number of carbonyl (C=O) groups is 1. The van der Waals surface area contributed by atoms with Crippen LogP contribution in [0.1, 0.15) is 12.5 Å². The number of rotatable bonds is 3. The quantitative estimate of drug-likeness (QED) is 0.853. The van der Waals surface area contributed by atoms with E-state index >= 15 is 0 Å². The van der Waals surface area contributed by atoms with Gasteiger partial charge in [0.05, 0.1) is 5.52 Å². The second-order valence-electron chi connectivity index (χ2n) is 3.90. The van der Waals surface area contributed by atoms with Gasteiger partial charge in [-0.2, -0.15) is 4.79 Å². The summed E-state index contributed by atoms with van der Waals surface area (Å²) in [6.07, 6.45) is 1.89. The number of phenolic OH excluding ortho intramolecular Hbond substituents is 1. The van der Waals surface area contributed by atoms with Crippen LogP contribution < -0.4 is 5.32 Å². The Morgan fingerprint density at radius 1 is 1.53 bits per heavy atom. The highest BCUT2D eigenvalue weighted by Crippen LogP contribution is 2.25. The number of aromatic hydroxyl groups is 1. The number of nitrogens with one attached hydrogen (secondary N) is 1. The van der Waals surface area contributed by atoms with Gasteiger partial charge < -0.3 is 10.4 Å². The van der Waals surface area contributed by atoms with Crippen molar-refractivity contribution in [2.24, 2.45) is 0 Å². The molecule has 2 aromatic rings. The molecule has 2 rings (SSSR count). The lowest BCUT2D eigenvalue weighted by molar-refractivity contribution is -0.118. The molecule has 1 aromatic carbocycles. The maximum absolute atomic E-state index is 13.5. The highest BCUT2D eigenvalue weighted by atomic mass is 19.2. The minimum atomic E-state index is -0.114. The lowest BCUT2D eigenvalue weighted by atomic mass is 10.1. The van der Waals surface area contributed by atoms with E-state index < -0.39 is 0 Å². The summed E-state index contributed by atoms with van der Waals surface area (Å²) in [6.45, 7) is 1.88. The van der Waals surface area contributed by atoms with Crippen LogP contribution in [0.25, 0.3) is 10.9 Å². The molecule has 0 fully saturated rings. The van der Waals surface area contributed by atoms with E-state index in [9.17, 15) is 14.4 Å². The maximum atomic E-state index is 13.5. The lowest BCUT2D eigenvalue weighted by Gasteiger charge is -2.01. The van der Waals surface area contributed by atoms with Crippen LogP contribution in [0.5, 0.6) is 5.75 Å². The third-order valence-corrected chi connectivity index (χ3v) is 2.59. The molecule has 1 aromatic heterocycles. The maximum Gasteiger partial charge on any atom is 0.216 e. The van der Waals surface area contributed by atoms with Gasteiger partial charge in [-0.3, -0.25) is 4.79 Å². The third-order valence-electron chi connectivity index (χ3n) is 2.59. The standard InChI is InChI=1S/C12H13FN2O2/c1-8(16)14-5-4-9-7-15(13)12-3-2-10(17)6-11(9)12/h2-3,6-7,17H,4-5H2,1H3,(H,14,16). The topological polar surface area (TPSA) is 54.3 Å². The van der Waals surface area contributed by atoms with Gasteiger partial charge in [0.25, 0.3) is 0 Å². The summed E-state index contributed by atoms with van der Waals surface area (Å²) in [5, 5.41) is 12.7. The Morgan fingerprint density at radius 2 is 2.29 bits per heavy atom. The molecule has 0 radical (unpaired) electrons. The summed E-state index contributed by atoms with van der Waals surface area (Å²) in [5.74, 6) is -0.0127. The fourth-order valence-corrected chi connectivity index (χ4v) is 1.82. The molecule has 1 heterocycles. The van der Waals surface area contributed by atoms with Crippen LogP contribution >= 0.6 is 0 Å². The van der Waals surface area contributed by atoms with E-state index in [1.54, 1.807) is 0 Å². The van der Waals surface area contributed by atoms with Gasteiger partial charge in [-0.05, 0) is 30.2 Å². The van der Waals surface area contributed by atoms with E-state index in [0.29, 0.717) is 28.7 Å². The summed E-state index contributed by atoms with van der Waals surface area (Å²) in [6, 6.07) is 4.48. The van der Waals surface area contributed by atoms with Crippen LogP contribution in [0.2, 0.25) is 0 Å². The van der Waals surface area contributed by atoms with Crippen molar-refractivity contribution in [3.05, 3.63) is 30.0 Å². The van der Waals surface area contributed by atoms with Gasteiger partial charge in [0.2, 0.25) is 5.91 Å². The smallest absolute Gasteiger partial charge is 0.216 e. The van der Waals surface area contributed by atoms with Crippen molar-refractivity contribution in [1.29, 1.82) is 0 Å². The van der Waals surface area contributed by atoms with Crippen LogP contribution in [-0.4, -0.2) is 22.3 Å². The predicted molar refractivity (Wildman–Crippen MR) is 62.5 cm³/mol. The average Bonchev–Trinajstić information content (AvgIpc) is 2.55. The number of carbonyl (C=O) groups excluding carboxylic acids is 1. The molecule has 90 valence electrons. The van der Waals surface area contributed by atoms with E-state index in [4.69, 9.17) is 0 Å². The van der Waals surface area contributed by atoms with Crippen molar-refractivity contribution < 1.29 is 14.4 Å². The molecular formula is C12H13FN2O2. The van der Waals surface area contributed by atoms with Gasteiger partial charge in [0.15, 0.2) is 0 Å². The number of nitrogens with zero attached hydrogens (tertiary/aromatic N) is 1. The summed E-state index contributed by atoms with van der Waals surface area (Å²) in [7, 11) is 0. The summed E-state index contributed by atoms with van der Waals surface area (Å²) in [5.41, 5.74) is 1.17. The number of benzene rings is 1. The number of amides is 1. The van der Waals surface area contributed by atoms with Crippen molar-refractivity contribution >= 4 is 16.8 Å². The molecule has 0 aliphatic heterocycles. The van der Waals surface area contributed by atoms with Gasteiger partial charge >= 0.3 is 0 Å². The molecule has 0 saturated carbocycles. The van der Waals surface area contributed by atoms with Gasteiger partial charge in [0, 0.05) is 25.1 Å². The van der Waals surface area contributed by atoms with Crippen molar-refractivity contribution in [3.8, 4) is 5.75 Å². The zero-order chi connectivity index (χ0) is 12.4. The molecule has 2 N–H and O–H groups in total. The van der Waals surface area contributed by atoms with Gasteiger partial charge in [-0.25, -0.2) is 0 Å². The van der Waals surface area contributed by atoms with Crippen LogP contribution in [0.4, 0.5) is 4.48 Å². The van der Waals surface area contributed by atoms with Gasteiger partial charge in [-0.15, -0.1) is 0 Å². The SMILES string of the molecule is CC(=O)NCCc1cn(F)c2ccc(O)cc12. The number of phenols is 1. The second-order valence-corrected chi connectivity index (χ2v) is 3.90. The van der Waals surface area contributed by atoms with E-state index in [-0.39, 0.29) is 11.7 Å². The summed E-state index contributed by atoms with van der Waals surface area (Å²) < 4.78 is 13.5. The summed E-state index contributed by atoms with van der Waals surface area (Å²) >= 11 is 0. The van der Waals surface area contributed by atoms with Crippen molar-refractivity contribution in [3.63, 3.8) is 0 Å². The Kier molecular flexibility index (Phi) is 2.99. The molecule has 0 bridgehead atoms. The zero-order valence-corrected chi connectivity index (χ0v) is 9.40. The fourth-order valence-electron chi connectivity index (χ4n) is 1.82. The monoisotopic (exact) mass is 236 g/mol. The second kappa shape index (κ2) is 4.45. The van der Waals surface area contributed by atoms with Crippen molar-refractivity contribution in [1.82, 2.24) is 10.1 Å². The highest BCUT2D eigenvalue weighted by molar-refractivity contribution is 5.85. The highest BCUT2D eigenvalue weighted by Gasteiger charge is 2.09. The van der Waals surface area contributed by atoms with Crippen LogP contribution in [0, 0.1) is 0 Å². The van der Waals surface area contributed by atoms with Gasteiger partial charge in [0.1, 0.15) is 5.75 Å². The molecule has 5 heteroatoms. The van der Waals surface area contributed by atoms with Crippen LogP contribution in [0.15, 0.2) is 24.4 Å². The first kappa shape index (κ1) is 11.4. The molecular weight excluding hydrogens is 223 g/mol. The molecule has 4 nitrogen and oxygen atoms in total. The Morgan fingerprint density at radius 3 is 3.00 bits per heavy atom. The third kappa shape index (κ3) is 2.38. The molecule has 0 spiro atoms. The molecule has 0 unspecified atom stereocenters. The predicted octanol–water partition coefficient (Wildman–Crippen LogP) is 1.76.